The third-order valence-electron chi connectivity index (χ3n) is 9.53. The lowest BCUT2D eigenvalue weighted by Crippen LogP contribution is -2.44. The maximum Gasteiger partial charge on any atom is 0.410 e. The molecule has 45 heavy (non-hydrogen) atoms. The van der Waals surface area contributed by atoms with E-state index in [1.54, 1.807) is 14.2 Å². The van der Waals surface area contributed by atoms with Crippen molar-refractivity contribution in [2.75, 3.05) is 60.3 Å². The molecule has 3 aliphatic rings. The Balaban J connectivity index is 1.51. The Bertz CT molecular complexity index is 1090. The molecular weight excluding hydrogens is 572 g/mol. The number of carbonyl (C=O) groups is 2. The van der Waals surface area contributed by atoms with Crippen LogP contribution in [0.4, 0.5) is 4.79 Å². The molecule has 1 saturated carbocycles. The van der Waals surface area contributed by atoms with Crippen molar-refractivity contribution in [1.82, 2.24) is 9.80 Å². The van der Waals surface area contributed by atoms with Gasteiger partial charge in [-0.3, -0.25) is 4.79 Å². The highest BCUT2D eigenvalue weighted by Gasteiger charge is 2.43. The van der Waals surface area contributed by atoms with Crippen LogP contribution in [-0.4, -0.2) is 93.7 Å². The lowest BCUT2D eigenvalue weighted by Gasteiger charge is -2.34. The van der Waals surface area contributed by atoms with Crippen LogP contribution in [0.2, 0.25) is 0 Å². The van der Waals surface area contributed by atoms with E-state index in [9.17, 15) is 9.59 Å². The minimum atomic E-state index is -0.554. The monoisotopic (exact) mass is 630 g/mol. The summed E-state index contributed by atoms with van der Waals surface area (Å²) < 4.78 is 28.2. The van der Waals surface area contributed by atoms with E-state index in [1.807, 2.05) is 31.7 Å². The summed E-state index contributed by atoms with van der Waals surface area (Å²) in [6.45, 7) is 14.8. The highest BCUT2D eigenvalue weighted by atomic mass is 16.6. The van der Waals surface area contributed by atoms with Crippen LogP contribution in [-0.2, 0) is 25.4 Å². The molecule has 0 aromatic heterocycles. The molecular formula is C36H58N2O7. The van der Waals surface area contributed by atoms with Gasteiger partial charge in [-0.15, -0.1) is 0 Å². The van der Waals surface area contributed by atoms with Crippen molar-refractivity contribution in [1.29, 1.82) is 0 Å². The van der Waals surface area contributed by atoms with Gasteiger partial charge in [-0.2, -0.15) is 0 Å². The lowest BCUT2D eigenvalue weighted by molar-refractivity contribution is -0.140. The first-order valence-corrected chi connectivity index (χ1v) is 17.1. The summed E-state index contributed by atoms with van der Waals surface area (Å²) in [6.07, 6.45) is 6.18. The number of hydrogen-bond acceptors (Lipinski definition) is 7. The van der Waals surface area contributed by atoms with E-state index in [4.69, 9.17) is 23.7 Å². The van der Waals surface area contributed by atoms with Gasteiger partial charge in [0, 0.05) is 64.9 Å². The summed E-state index contributed by atoms with van der Waals surface area (Å²) in [5.74, 6) is 3.14. The van der Waals surface area contributed by atoms with Crippen molar-refractivity contribution in [3.05, 3.63) is 23.8 Å². The van der Waals surface area contributed by atoms with Gasteiger partial charge in [0.15, 0.2) is 11.5 Å². The van der Waals surface area contributed by atoms with E-state index < -0.39 is 5.60 Å². The number of methoxy groups -OCH3 is 2. The maximum absolute atomic E-state index is 13.8. The summed E-state index contributed by atoms with van der Waals surface area (Å²) in [4.78, 5) is 31.1. The van der Waals surface area contributed by atoms with E-state index in [0.717, 1.165) is 56.4 Å². The van der Waals surface area contributed by atoms with Gasteiger partial charge in [0.05, 0.1) is 13.7 Å². The zero-order valence-electron chi connectivity index (χ0n) is 28.8. The first-order valence-electron chi connectivity index (χ1n) is 17.1. The minimum Gasteiger partial charge on any atom is -0.493 e. The molecule has 2 saturated heterocycles. The largest absolute Gasteiger partial charge is 0.493 e. The van der Waals surface area contributed by atoms with Crippen LogP contribution in [0, 0.1) is 29.6 Å². The molecule has 9 heteroatoms. The van der Waals surface area contributed by atoms with Crippen molar-refractivity contribution in [2.45, 2.75) is 91.2 Å². The molecule has 1 aliphatic carbocycles. The van der Waals surface area contributed by atoms with Crippen LogP contribution >= 0.6 is 0 Å². The van der Waals surface area contributed by atoms with Gasteiger partial charge in [0.2, 0.25) is 5.91 Å². The summed E-state index contributed by atoms with van der Waals surface area (Å²) in [5, 5.41) is 0. The third-order valence-corrected chi connectivity index (χ3v) is 9.53. The molecule has 2 amide bonds. The molecule has 3 fully saturated rings. The second-order valence-corrected chi connectivity index (χ2v) is 14.6. The normalized spacial score (nSPS) is 21.6. The molecule has 9 nitrogen and oxygen atoms in total. The number of ether oxygens (including phenoxy) is 5. The summed E-state index contributed by atoms with van der Waals surface area (Å²) in [7, 11) is 3.37. The van der Waals surface area contributed by atoms with E-state index >= 15 is 0 Å². The molecule has 3 atom stereocenters. The van der Waals surface area contributed by atoms with E-state index in [1.165, 1.54) is 5.56 Å². The van der Waals surface area contributed by atoms with E-state index in [0.29, 0.717) is 63.9 Å². The highest BCUT2D eigenvalue weighted by molar-refractivity contribution is 5.79. The van der Waals surface area contributed by atoms with E-state index in [2.05, 4.69) is 30.9 Å². The Hall–Kier alpha value is -2.52. The van der Waals surface area contributed by atoms with Gasteiger partial charge >= 0.3 is 6.09 Å². The minimum absolute atomic E-state index is 0.0468. The Morgan fingerprint density at radius 3 is 2.33 bits per heavy atom. The Kier molecular flexibility index (Phi) is 12.8. The second kappa shape index (κ2) is 16.3. The van der Waals surface area contributed by atoms with Gasteiger partial charge in [-0.25, -0.2) is 4.79 Å². The number of nitrogens with zero attached hydrogens (tertiary/aromatic N) is 2. The van der Waals surface area contributed by atoms with Crippen molar-refractivity contribution in [3.63, 3.8) is 0 Å². The van der Waals surface area contributed by atoms with Crippen LogP contribution in [0.5, 0.6) is 11.5 Å². The zero-order valence-corrected chi connectivity index (χ0v) is 28.8. The smallest absolute Gasteiger partial charge is 0.410 e. The number of carbonyl (C=O) groups excluding carboxylic acids is 2. The predicted molar refractivity (Wildman–Crippen MR) is 175 cm³/mol. The lowest BCUT2D eigenvalue weighted by atomic mass is 9.78. The van der Waals surface area contributed by atoms with Crippen LogP contribution in [0.3, 0.4) is 0 Å². The van der Waals surface area contributed by atoms with Crippen LogP contribution in [0.25, 0.3) is 0 Å². The molecule has 254 valence electrons. The zero-order chi connectivity index (χ0) is 32.6. The standard InChI is InChI=1S/C36H58N2O7/c1-25(2)28(19-26-9-12-32(42-7)33(20-26)44-16-8-15-41-6)21-29-22-37(35(40)45-36(3,4)5)23-30(29)24-38(31-10-11-31)34(39)27-13-17-43-18-14-27/h9,12,20,25,27-31H,8,10-11,13-19,21-24H2,1-7H3/t28-,29+,30-/m0/s1. The van der Waals surface area contributed by atoms with E-state index in [-0.39, 0.29) is 29.8 Å². The Morgan fingerprint density at radius 1 is 1.00 bits per heavy atom. The molecule has 0 unspecified atom stereocenters. The number of likely N-dealkylation sites (tertiary alicyclic amines) is 1. The van der Waals surface area contributed by atoms with Crippen LogP contribution < -0.4 is 9.47 Å². The topological polar surface area (TPSA) is 86.8 Å². The van der Waals surface area contributed by atoms with Crippen LogP contribution in [0.15, 0.2) is 18.2 Å². The molecule has 0 bridgehead atoms. The predicted octanol–water partition coefficient (Wildman–Crippen LogP) is 6.22. The SMILES string of the molecule is COCCCOc1cc(C[C@@H](C[C@@H]2CN(C(=O)OC(C)(C)C)C[C@H]2CN(C(=O)C2CCOCC2)C2CC2)C(C)C)ccc1OC. The first kappa shape index (κ1) is 35.3. The number of amides is 2. The fourth-order valence-electron chi connectivity index (χ4n) is 6.75. The number of hydrogen-bond donors (Lipinski definition) is 0. The highest BCUT2D eigenvalue weighted by Crippen LogP contribution is 2.38. The molecule has 1 aromatic carbocycles. The molecule has 2 heterocycles. The second-order valence-electron chi connectivity index (χ2n) is 14.6. The third kappa shape index (κ3) is 10.5. The molecule has 1 aromatic rings. The molecule has 2 aliphatic heterocycles. The van der Waals surface area contributed by atoms with Crippen molar-refractivity contribution in [2.24, 2.45) is 29.6 Å². The van der Waals surface area contributed by atoms with Crippen molar-refractivity contribution < 1.29 is 33.3 Å². The summed E-state index contributed by atoms with van der Waals surface area (Å²) >= 11 is 0. The average Bonchev–Trinajstić information content (AvgIpc) is 3.77. The van der Waals surface area contributed by atoms with Gasteiger partial charge < -0.3 is 33.5 Å². The van der Waals surface area contributed by atoms with Gasteiger partial charge in [0.25, 0.3) is 0 Å². The van der Waals surface area contributed by atoms with Gasteiger partial charge in [-0.1, -0.05) is 19.9 Å². The van der Waals surface area contributed by atoms with Gasteiger partial charge in [-0.05, 0) is 101 Å². The summed E-state index contributed by atoms with van der Waals surface area (Å²) in [5.41, 5.74) is 0.658. The Morgan fingerprint density at radius 2 is 1.71 bits per heavy atom. The fraction of sp³-hybridized carbons (Fsp3) is 0.778. The Labute approximate surface area is 271 Å². The molecule has 0 N–H and O–H groups in total. The molecule has 0 radical (unpaired) electrons. The number of rotatable bonds is 15. The fourth-order valence-corrected chi connectivity index (χ4v) is 6.75. The number of benzene rings is 1. The molecule has 0 spiro atoms. The van der Waals surface area contributed by atoms with Crippen LogP contribution in [0.1, 0.15) is 78.7 Å². The summed E-state index contributed by atoms with van der Waals surface area (Å²) in [6, 6.07) is 6.58. The van der Waals surface area contributed by atoms with Crippen molar-refractivity contribution in [3.8, 4) is 11.5 Å². The average molecular weight is 631 g/mol. The first-order chi connectivity index (χ1) is 21.5. The molecule has 4 rings (SSSR count). The van der Waals surface area contributed by atoms with Crippen molar-refractivity contribution >= 4 is 12.0 Å². The van der Waals surface area contributed by atoms with Gasteiger partial charge in [0.1, 0.15) is 5.60 Å². The quantitative estimate of drug-likeness (QED) is 0.213. The maximum atomic E-state index is 13.8.